The Morgan fingerprint density at radius 3 is 2.80 bits per heavy atom. The SMILES string of the molecule is Cc1ccc(C(C)(C)CC(=O)N2CCC[C@H](COc3cccc4c3C(N)=NS(=O)(=O)C4)C2)cc1O. The van der Waals surface area contributed by atoms with Gasteiger partial charge in [0.2, 0.25) is 5.91 Å². The van der Waals surface area contributed by atoms with E-state index in [0.29, 0.717) is 43.0 Å². The average molecular weight is 500 g/mol. The van der Waals surface area contributed by atoms with Gasteiger partial charge in [-0.2, -0.15) is 0 Å². The van der Waals surface area contributed by atoms with Crippen LogP contribution in [0.15, 0.2) is 40.8 Å². The Bertz CT molecular complexity index is 1270. The van der Waals surface area contributed by atoms with Crippen LogP contribution in [-0.4, -0.2) is 49.9 Å². The summed E-state index contributed by atoms with van der Waals surface area (Å²) in [6.07, 6.45) is 2.17. The van der Waals surface area contributed by atoms with Crippen molar-refractivity contribution in [2.75, 3.05) is 19.7 Å². The minimum absolute atomic E-state index is 0.0494. The largest absolute Gasteiger partial charge is 0.508 e. The predicted molar refractivity (Wildman–Crippen MR) is 135 cm³/mol. The maximum absolute atomic E-state index is 13.2. The van der Waals surface area contributed by atoms with Crippen LogP contribution in [0.25, 0.3) is 0 Å². The molecule has 35 heavy (non-hydrogen) atoms. The van der Waals surface area contributed by atoms with Gasteiger partial charge in [-0.15, -0.1) is 4.40 Å². The number of ether oxygens (including phenoxy) is 1. The summed E-state index contributed by atoms with van der Waals surface area (Å²) in [4.78, 5) is 15.1. The normalized spacial score (nSPS) is 19.6. The molecule has 9 heteroatoms. The number of amidine groups is 1. The second kappa shape index (κ2) is 9.53. The quantitative estimate of drug-likeness (QED) is 0.629. The van der Waals surface area contributed by atoms with E-state index >= 15 is 0 Å². The van der Waals surface area contributed by atoms with Crippen molar-refractivity contribution in [2.24, 2.45) is 16.0 Å². The van der Waals surface area contributed by atoms with Gasteiger partial charge in [-0.05, 0) is 54.0 Å². The molecule has 0 spiro atoms. The van der Waals surface area contributed by atoms with Gasteiger partial charge in [-0.25, -0.2) is 8.42 Å². The van der Waals surface area contributed by atoms with Gasteiger partial charge in [0.1, 0.15) is 17.3 Å². The third kappa shape index (κ3) is 5.61. The number of fused-ring (bicyclic) bond motifs is 1. The van der Waals surface area contributed by atoms with E-state index in [-0.39, 0.29) is 29.2 Å². The minimum atomic E-state index is -3.60. The summed E-state index contributed by atoms with van der Waals surface area (Å²) in [5.41, 5.74) is 8.39. The number of phenolic OH excluding ortho intramolecular Hbond substituents is 1. The third-order valence-electron chi connectivity index (χ3n) is 6.87. The number of hydrogen-bond acceptors (Lipinski definition) is 6. The first kappa shape index (κ1) is 25.0. The van der Waals surface area contributed by atoms with E-state index in [1.54, 1.807) is 24.3 Å². The van der Waals surface area contributed by atoms with Crippen LogP contribution in [0, 0.1) is 12.8 Å². The van der Waals surface area contributed by atoms with Gasteiger partial charge < -0.3 is 20.5 Å². The number of likely N-dealkylation sites (tertiary alicyclic amines) is 1. The number of hydrogen-bond donors (Lipinski definition) is 2. The van der Waals surface area contributed by atoms with Crippen molar-refractivity contribution in [1.29, 1.82) is 0 Å². The van der Waals surface area contributed by atoms with Crippen LogP contribution in [0.5, 0.6) is 11.5 Å². The number of phenols is 1. The van der Waals surface area contributed by atoms with Crippen molar-refractivity contribution in [1.82, 2.24) is 4.90 Å². The average Bonchev–Trinajstić information content (AvgIpc) is 2.78. The molecule has 3 N–H and O–H groups in total. The van der Waals surface area contributed by atoms with Crippen molar-refractivity contribution in [3.63, 3.8) is 0 Å². The van der Waals surface area contributed by atoms with Gasteiger partial charge >= 0.3 is 0 Å². The molecular formula is C26H33N3O5S. The smallest absolute Gasteiger partial charge is 0.259 e. The zero-order valence-electron chi connectivity index (χ0n) is 20.5. The second-order valence-corrected chi connectivity index (χ2v) is 11.8. The first-order valence-electron chi connectivity index (χ1n) is 11.9. The summed E-state index contributed by atoms with van der Waals surface area (Å²) in [7, 11) is -3.60. The summed E-state index contributed by atoms with van der Waals surface area (Å²) in [6.45, 7) is 7.59. The molecule has 0 aromatic heterocycles. The zero-order chi connectivity index (χ0) is 25.4. The predicted octanol–water partition coefficient (Wildman–Crippen LogP) is 3.23. The van der Waals surface area contributed by atoms with E-state index in [0.717, 1.165) is 24.0 Å². The van der Waals surface area contributed by atoms with Crippen molar-refractivity contribution in [3.8, 4) is 11.5 Å². The van der Waals surface area contributed by atoms with Crippen molar-refractivity contribution >= 4 is 21.8 Å². The van der Waals surface area contributed by atoms with E-state index in [2.05, 4.69) is 4.40 Å². The Kier molecular flexibility index (Phi) is 6.81. The molecule has 2 aliphatic heterocycles. The first-order chi connectivity index (χ1) is 16.4. The van der Waals surface area contributed by atoms with Gasteiger partial charge in [0.15, 0.2) is 0 Å². The number of nitrogens with two attached hydrogens (primary N) is 1. The van der Waals surface area contributed by atoms with E-state index in [9.17, 15) is 18.3 Å². The fraction of sp³-hybridized carbons (Fsp3) is 0.462. The number of amides is 1. The lowest BCUT2D eigenvalue weighted by Gasteiger charge is -2.35. The summed E-state index contributed by atoms with van der Waals surface area (Å²) in [5, 5.41) is 10.1. The fourth-order valence-electron chi connectivity index (χ4n) is 4.79. The first-order valence-corrected chi connectivity index (χ1v) is 13.5. The lowest BCUT2D eigenvalue weighted by atomic mass is 9.80. The van der Waals surface area contributed by atoms with Gasteiger partial charge in [-0.3, -0.25) is 4.79 Å². The molecule has 8 nitrogen and oxygen atoms in total. The molecule has 0 saturated carbocycles. The molecule has 0 aliphatic carbocycles. The highest BCUT2D eigenvalue weighted by Gasteiger charge is 2.31. The standard InChI is InChI=1S/C26H33N3O5S/c1-17-9-10-20(12-21(17)30)26(2,3)13-23(31)29-11-5-6-18(14-29)15-34-22-8-4-7-19-16-35(32,33)28-25(27)24(19)22/h4,7-10,12,18,30H,5-6,11,13-16H2,1-3H3,(H2,27,28)/t18-/m0/s1. The van der Waals surface area contributed by atoms with Gasteiger partial charge in [0.25, 0.3) is 10.0 Å². The number of sulfonamides is 1. The van der Waals surface area contributed by atoms with Crippen LogP contribution in [0.3, 0.4) is 0 Å². The highest BCUT2D eigenvalue weighted by Crippen LogP contribution is 2.33. The van der Waals surface area contributed by atoms with Crippen LogP contribution in [0.1, 0.15) is 55.4 Å². The Balaban J connectivity index is 1.39. The van der Waals surface area contributed by atoms with E-state index in [1.807, 2.05) is 37.8 Å². The molecule has 0 bridgehead atoms. The summed E-state index contributed by atoms with van der Waals surface area (Å²) in [6, 6.07) is 10.8. The Morgan fingerprint density at radius 1 is 1.29 bits per heavy atom. The van der Waals surface area contributed by atoms with E-state index in [4.69, 9.17) is 10.5 Å². The molecule has 1 fully saturated rings. The molecule has 1 atom stereocenters. The molecule has 1 amide bonds. The molecule has 2 aromatic rings. The van der Waals surface area contributed by atoms with Gasteiger partial charge in [0, 0.05) is 25.4 Å². The second-order valence-electron chi connectivity index (χ2n) is 10.2. The maximum atomic E-state index is 13.2. The lowest BCUT2D eigenvalue weighted by molar-refractivity contribution is -0.134. The summed E-state index contributed by atoms with van der Waals surface area (Å²) >= 11 is 0. The highest BCUT2D eigenvalue weighted by molar-refractivity contribution is 7.89. The number of carbonyl (C=O) groups is 1. The van der Waals surface area contributed by atoms with E-state index in [1.165, 1.54) is 0 Å². The van der Waals surface area contributed by atoms with Crippen LogP contribution >= 0.6 is 0 Å². The van der Waals surface area contributed by atoms with Crippen LogP contribution in [0.4, 0.5) is 0 Å². The monoisotopic (exact) mass is 499 g/mol. The summed E-state index contributed by atoms with van der Waals surface area (Å²) < 4.78 is 33.5. The number of rotatable bonds is 6. The highest BCUT2D eigenvalue weighted by atomic mass is 32.2. The molecule has 0 unspecified atom stereocenters. The number of carbonyl (C=O) groups excluding carboxylic acids is 1. The zero-order valence-corrected chi connectivity index (χ0v) is 21.3. The Hall–Kier alpha value is -3.07. The lowest BCUT2D eigenvalue weighted by Crippen LogP contribution is -2.43. The van der Waals surface area contributed by atoms with Crippen LogP contribution < -0.4 is 10.5 Å². The molecule has 2 aromatic carbocycles. The molecule has 1 saturated heterocycles. The molecule has 2 heterocycles. The summed E-state index contributed by atoms with van der Waals surface area (Å²) in [5.74, 6) is 0.748. The van der Waals surface area contributed by atoms with E-state index < -0.39 is 15.4 Å². The topological polar surface area (TPSA) is 122 Å². The Labute approximate surface area is 206 Å². The van der Waals surface area contributed by atoms with Crippen LogP contribution in [-0.2, 0) is 26.0 Å². The number of nitrogens with zero attached hydrogens (tertiary/aromatic N) is 2. The number of aryl methyl sites for hydroxylation is 1. The molecule has 188 valence electrons. The number of piperidine rings is 1. The number of benzene rings is 2. The molecule has 2 aliphatic rings. The van der Waals surface area contributed by atoms with Crippen molar-refractivity contribution in [2.45, 2.75) is 51.2 Å². The van der Waals surface area contributed by atoms with Crippen molar-refractivity contribution in [3.05, 3.63) is 58.7 Å². The van der Waals surface area contributed by atoms with Gasteiger partial charge in [0.05, 0.1) is 17.9 Å². The fourth-order valence-corrected chi connectivity index (χ4v) is 5.88. The minimum Gasteiger partial charge on any atom is -0.508 e. The number of aromatic hydroxyl groups is 1. The van der Waals surface area contributed by atoms with Crippen LogP contribution in [0.2, 0.25) is 0 Å². The molecular weight excluding hydrogens is 466 g/mol. The third-order valence-corrected chi connectivity index (χ3v) is 8.02. The molecule has 0 radical (unpaired) electrons. The maximum Gasteiger partial charge on any atom is 0.259 e. The van der Waals surface area contributed by atoms with Crippen molar-refractivity contribution < 1.29 is 23.1 Å². The Morgan fingerprint density at radius 2 is 2.06 bits per heavy atom. The molecule has 4 rings (SSSR count). The van der Waals surface area contributed by atoms with Gasteiger partial charge in [-0.1, -0.05) is 38.1 Å².